The van der Waals surface area contributed by atoms with Crippen LogP contribution in [0.4, 0.5) is 5.69 Å². The summed E-state index contributed by atoms with van der Waals surface area (Å²) in [6.45, 7) is 1.98. The molecule has 2 heterocycles. The van der Waals surface area contributed by atoms with E-state index in [9.17, 15) is 4.79 Å². The summed E-state index contributed by atoms with van der Waals surface area (Å²) >= 11 is 1.58. The Bertz CT molecular complexity index is 1120. The normalized spacial score (nSPS) is 10.9. The number of hydrogen-bond acceptors (Lipinski definition) is 4. The van der Waals surface area contributed by atoms with Crippen LogP contribution < -0.4 is 5.32 Å². The third-order valence-corrected chi connectivity index (χ3v) is 5.11. The number of aromatic nitrogens is 3. The molecule has 2 aromatic carbocycles. The number of pyridine rings is 1. The molecule has 6 heteroatoms. The van der Waals surface area contributed by atoms with Crippen LogP contribution in [-0.2, 0) is 4.79 Å². The van der Waals surface area contributed by atoms with Crippen LogP contribution in [0.15, 0.2) is 65.6 Å². The first-order valence-electron chi connectivity index (χ1n) is 8.51. The van der Waals surface area contributed by atoms with Gasteiger partial charge in [0.05, 0.1) is 11.4 Å². The molecule has 4 rings (SSSR count). The number of anilines is 1. The van der Waals surface area contributed by atoms with Crippen molar-refractivity contribution in [2.24, 2.45) is 0 Å². The van der Waals surface area contributed by atoms with Gasteiger partial charge in [0.2, 0.25) is 6.41 Å². The number of carbonyl (C=O) groups is 1. The maximum Gasteiger partial charge on any atom is 0.211 e. The highest BCUT2D eigenvalue weighted by Gasteiger charge is 2.16. The third kappa shape index (κ3) is 3.19. The molecule has 0 aliphatic rings. The van der Waals surface area contributed by atoms with Crippen LogP contribution in [0.2, 0.25) is 0 Å². The number of nitrogens with one attached hydrogen (secondary N) is 1. The van der Waals surface area contributed by atoms with E-state index in [0.29, 0.717) is 6.41 Å². The van der Waals surface area contributed by atoms with Crippen molar-refractivity contribution in [1.82, 2.24) is 14.5 Å². The summed E-state index contributed by atoms with van der Waals surface area (Å²) in [6.07, 6.45) is 2.68. The number of fused-ring (bicyclic) bond motifs is 1. The molecule has 1 N–H and O–H groups in total. The van der Waals surface area contributed by atoms with Gasteiger partial charge < -0.3 is 5.32 Å². The molecule has 0 spiro atoms. The maximum atomic E-state index is 10.9. The molecule has 0 saturated carbocycles. The topological polar surface area (TPSA) is 59.8 Å². The van der Waals surface area contributed by atoms with Crippen LogP contribution in [-0.4, -0.2) is 27.2 Å². The van der Waals surface area contributed by atoms with Crippen molar-refractivity contribution in [3.8, 4) is 17.1 Å². The second kappa shape index (κ2) is 7.25. The highest BCUT2D eigenvalue weighted by molar-refractivity contribution is 7.98. The van der Waals surface area contributed by atoms with Gasteiger partial charge >= 0.3 is 0 Å². The first-order valence-corrected chi connectivity index (χ1v) is 9.74. The second-order valence-corrected chi connectivity index (χ2v) is 6.93. The lowest BCUT2D eigenvalue weighted by atomic mass is 10.2. The number of imidazole rings is 1. The Morgan fingerprint density at radius 2 is 1.85 bits per heavy atom. The van der Waals surface area contributed by atoms with Crippen LogP contribution in [0.1, 0.15) is 5.69 Å². The number of benzene rings is 2. The van der Waals surface area contributed by atoms with Crippen molar-refractivity contribution in [3.63, 3.8) is 0 Å². The zero-order valence-corrected chi connectivity index (χ0v) is 15.8. The quantitative estimate of drug-likeness (QED) is 0.407. The molecule has 5 nitrogen and oxygen atoms in total. The van der Waals surface area contributed by atoms with Crippen LogP contribution >= 0.6 is 11.8 Å². The molecule has 0 bridgehead atoms. The summed E-state index contributed by atoms with van der Waals surface area (Å²) < 4.78 is 2.07. The van der Waals surface area contributed by atoms with Crippen LogP contribution in [0.3, 0.4) is 0 Å². The summed E-state index contributed by atoms with van der Waals surface area (Å²) in [6, 6.07) is 20.0. The van der Waals surface area contributed by atoms with Gasteiger partial charge in [-0.15, -0.1) is 11.8 Å². The maximum absolute atomic E-state index is 10.9. The Morgan fingerprint density at radius 3 is 2.59 bits per heavy atom. The smallest absolute Gasteiger partial charge is 0.211 e. The zero-order valence-electron chi connectivity index (χ0n) is 15.0. The largest absolute Gasteiger partial charge is 0.328 e. The van der Waals surface area contributed by atoms with Gasteiger partial charge in [-0.3, -0.25) is 9.36 Å². The van der Waals surface area contributed by atoms with Crippen LogP contribution in [0, 0.1) is 6.92 Å². The van der Waals surface area contributed by atoms with Crippen LogP contribution in [0.5, 0.6) is 0 Å². The number of amides is 1. The summed E-state index contributed by atoms with van der Waals surface area (Å²) in [5.41, 5.74) is 5.37. The Morgan fingerprint density at radius 1 is 1.04 bits per heavy atom. The molecule has 27 heavy (non-hydrogen) atoms. The molecule has 0 radical (unpaired) electrons. The summed E-state index contributed by atoms with van der Waals surface area (Å²) in [5.74, 6) is 0.840. The molecule has 1 amide bonds. The van der Waals surface area contributed by atoms with Gasteiger partial charge in [-0.25, -0.2) is 9.97 Å². The van der Waals surface area contributed by atoms with Crippen molar-refractivity contribution in [2.45, 2.75) is 11.8 Å². The average molecular weight is 374 g/mol. The molecular formula is C21H18N4OS. The van der Waals surface area contributed by atoms with E-state index >= 15 is 0 Å². The van der Waals surface area contributed by atoms with Crippen LogP contribution in [0.25, 0.3) is 28.2 Å². The van der Waals surface area contributed by atoms with Crippen molar-refractivity contribution >= 4 is 35.0 Å². The van der Waals surface area contributed by atoms with Gasteiger partial charge in [0.1, 0.15) is 11.3 Å². The first-order chi connectivity index (χ1) is 13.2. The zero-order chi connectivity index (χ0) is 18.8. The molecule has 2 aromatic heterocycles. The lowest BCUT2D eigenvalue weighted by Crippen LogP contribution is -2.01. The number of rotatable bonds is 5. The summed E-state index contributed by atoms with van der Waals surface area (Å²) in [5, 5.41) is 2.75. The van der Waals surface area contributed by atoms with Gasteiger partial charge in [0.25, 0.3) is 0 Å². The lowest BCUT2D eigenvalue weighted by Gasteiger charge is -2.13. The number of hydrogen-bond donors (Lipinski definition) is 1. The molecule has 0 atom stereocenters. The number of thioether (sulfide) groups is 1. The van der Waals surface area contributed by atoms with Gasteiger partial charge in [-0.2, -0.15) is 0 Å². The fourth-order valence-electron chi connectivity index (χ4n) is 3.08. The van der Waals surface area contributed by atoms with Gasteiger partial charge in [-0.1, -0.05) is 30.3 Å². The van der Waals surface area contributed by atoms with Gasteiger partial charge in [0.15, 0.2) is 5.65 Å². The second-order valence-electron chi connectivity index (χ2n) is 6.08. The predicted molar refractivity (Wildman–Crippen MR) is 111 cm³/mol. The Labute approximate surface area is 161 Å². The lowest BCUT2D eigenvalue weighted by molar-refractivity contribution is -0.105. The highest BCUT2D eigenvalue weighted by Crippen LogP contribution is 2.32. The molecule has 134 valence electrons. The minimum Gasteiger partial charge on any atom is -0.328 e. The molecular weight excluding hydrogens is 356 g/mol. The molecule has 0 unspecified atom stereocenters. The number of carbonyl (C=O) groups excluding carboxylic acids is 1. The van der Waals surface area contributed by atoms with Gasteiger partial charge in [-0.05, 0) is 43.5 Å². The summed E-state index contributed by atoms with van der Waals surface area (Å²) in [4.78, 5) is 21.4. The minimum atomic E-state index is 0.696. The molecule has 0 saturated heterocycles. The van der Waals surface area contributed by atoms with E-state index < -0.39 is 0 Å². The van der Waals surface area contributed by atoms with E-state index in [1.165, 1.54) is 0 Å². The average Bonchev–Trinajstić information content (AvgIpc) is 3.08. The minimum absolute atomic E-state index is 0.696. The molecule has 0 fully saturated rings. The van der Waals surface area contributed by atoms with E-state index in [-0.39, 0.29) is 0 Å². The first kappa shape index (κ1) is 17.3. The van der Waals surface area contributed by atoms with Crippen molar-refractivity contribution in [3.05, 3.63) is 66.4 Å². The predicted octanol–water partition coefficient (Wildman–Crippen LogP) is 4.69. The number of aryl methyl sites for hydroxylation is 1. The standard InChI is InChI=1S/C21H18N4OS/c1-14-8-10-18-21(23-14)25(20(24-18)15-6-4-3-5-7-15)16-9-11-17(22-13-26)19(12-16)27-2/h3-13H,1-2H3,(H,22,26). The van der Waals surface area contributed by atoms with E-state index in [1.54, 1.807) is 11.8 Å². The monoisotopic (exact) mass is 374 g/mol. The summed E-state index contributed by atoms with van der Waals surface area (Å²) in [7, 11) is 0. The van der Waals surface area contributed by atoms with Crippen molar-refractivity contribution < 1.29 is 4.79 Å². The third-order valence-electron chi connectivity index (χ3n) is 4.33. The fraction of sp³-hybridized carbons (Fsp3) is 0.0952. The van der Waals surface area contributed by atoms with Crippen molar-refractivity contribution in [1.29, 1.82) is 0 Å². The Hall–Kier alpha value is -3.12. The van der Waals surface area contributed by atoms with E-state index in [1.807, 2.05) is 73.8 Å². The Balaban J connectivity index is 2.00. The molecule has 4 aromatic rings. The van der Waals surface area contributed by atoms with E-state index in [0.717, 1.165) is 44.5 Å². The Kier molecular flexibility index (Phi) is 4.64. The fourth-order valence-corrected chi connectivity index (χ4v) is 3.66. The highest BCUT2D eigenvalue weighted by atomic mass is 32.2. The van der Waals surface area contributed by atoms with Crippen molar-refractivity contribution in [2.75, 3.05) is 11.6 Å². The van der Waals surface area contributed by atoms with E-state index in [2.05, 4.69) is 9.88 Å². The van der Waals surface area contributed by atoms with E-state index in [4.69, 9.17) is 9.97 Å². The SMILES string of the molecule is CSc1cc(-n2c(-c3ccccc3)nc3ccc(C)nc32)ccc1NC=O. The molecule has 0 aliphatic heterocycles. The molecule has 0 aliphatic carbocycles. The van der Waals surface area contributed by atoms with Gasteiger partial charge in [0, 0.05) is 16.2 Å². The number of nitrogens with zero attached hydrogens (tertiary/aromatic N) is 3.